The average Bonchev–Trinajstić information content (AvgIpc) is 2.74. The fourth-order valence-corrected chi connectivity index (χ4v) is 1.84. The van der Waals surface area contributed by atoms with E-state index in [9.17, 15) is 9.59 Å². The molecule has 0 aliphatic carbocycles. The minimum absolute atomic E-state index is 0.163. The lowest BCUT2D eigenvalue weighted by atomic mass is 10.0. The number of carbonyl (C=O) groups excluding carboxylic acids is 2. The monoisotopic (exact) mass is 207 g/mol. The Labute approximate surface area is 87.5 Å². The van der Waals surface area contributed by atoms with E-state index in [0.717, 1.165) is 12.2 Å². The first-order valence-corrected chi connectivity index (χ1v) is 5.05. The zero-order valence-electron chi connectivity index (χ0n) is 8.56. The van der Waals surface area contributed by atoms with E-state index in [2.05, 4.69) is 10.4 Å². The molecule has 0 bridgehead atoms. The third-order valence-corrected chi connectivity index (χ3v) is 2.62. The number of rotatable bonds is 3. The first-order valence-electron chi connectivity index (χ1n) is 5.05. The van der Waals surface area contributed by atoms with Gasteiger partial charge in [-0.05, 0) is 13.0 Å². The molecular weight excluding hydrogens is 194 g/mol. The van der Waals surface area contributed by atoms with Crippen LogP contribution in [0.5, 0.6) is 0 Å². The van der Waals surface area contributed by atoms with Gasteiger partial charge in [-0.3, -0.25) is 19.6 Å². The summed E-state index contributed by atoms with van der Waals surface area (Å²) in [5.41, 5.74) is 1.01. The van der Waals surface area contributed by atoms with Gasteiger partial charge in [-0.1, -0.05) is 0 Å². The maximum Gasteiger partial charge on any atom is 0.230 e. The van der Waals surface area contributed by atoms with Gasteiger partial charge in [-0.15, -0.1) is 0 Å². The zero-order chi connectivity index (χ0) is 10.8. The van der Waals surface area contributed by atoms with Crippen LogP contribution in [0.2, 0.25) is 0 Å². The van der Waals surface area contributed by atoms with Crippen molar-refractivity contribution < 1.29 is 9.59 Å². The van der Waals surface area contributed by atoms with Crippen LogP contribution in [0.3, 0.4) is 0 Å². The molecule has 15 heavy (non-hydrogen) atoms. The van der Waals surface area contributed by atoms with E-state index >= 15 is 0 Å². The molecule has 1 aromatic rings. The van der Waals surface area contributed by atoms with E-state index in [1.165, 1.54) is 0 Å². The predicted octanol–water partition coefficient (Wildman–Crippen LogP) is 0.108. The SMILES string of the molecule is CCn1nccc1CC1CC(=O)NC1=O. The molecule has 1 unspecified atom stereocenters. The van der Waals surface area contributed by atoms with Gasteiger partial charge in [-0.2, -0.15) is 5.10 Å². The summed E-state index contributed by atoms with van der Waals surface area (Å²) < 4.78 is 1.84. The summed E-state index contributed by atoms with van der Waals surface area (Å²) in [6.45, 7) is 2.78. The van der Waals surface area contributed by atoms with Crippen LogP contribution >= 0.6 is 0 Å². The highest BCUT2D eigenvalue weighted by Crippen LogP contribution is 2.16. The lowest BCUT2D eigenvalue weighted by Crippen LogP contribution is -2.23. The second kappa shape index (κ2) is 3.84. The molecule has 0 radical (unpaired) electrons. The highest BCUT2D eigenvalue weighted by molar-refractivity contribution is 6.03. The molecule has 80 valence electrons. The van der Waals surface area contributed by atoms with E-state index in [-0.39, 0.29) is 17.7 Å². The van der Waals surface area contributed by atoms with Gasteiger partial charge in [0.2, 0.25) is 11.8 Å². The van der Waals surface area contributed by atoms with Crippen molar-refractivity contribution in [3.05, 3.63) is 18.0 Å². The first kappa shape index (κ1) is 9.89. The standard InChI is InChI=1S/C10H13N3O2/c1-2-13-8(3-4-11-13)5-7-6-9(14)12-10(7)15/h3-4,7H,2,5-6H2,1H3,(H,12,14,15). The van der Waals surface area contributed by atoms with Crippen LogP contribution in [-0.2, 0) is 22.6 Å². The van der Waals surface area contributed by atoms with Crippen LogP contribution in [-0.4, -0.2) is 21.6 Å². The molecule has 1 aliphatic rings. The largest absolute Gasteiger partial charge is 0.296 e. The summed E-state index contributed by atoms with van der Waals surface area (Å²) in [6.07, 6.45) is 2.60. The Hall–Kier alpha value is -1.65. The molecule has 1 N–H and O–H groups in total. The molecule has 2 amide bonds. The molecule has 1 fully saturated rings. The van der Waals surface area contributed by atoms with Gasteiger partial charge in [0.15, 0.2) is 0 Å². The summed E-state index contributed by atoms with van der Waals surface area (Å²) in [6, 6.07) is 1.89. The summed E-state index contributed by atoms with van der Waals surface area (Å²) >= 11 is 0. The smallest absolute Gasteiger partial charge is 0.230 e. The van der Waals surface area contributed by atoms with Crippen molar-refractivity contribution in [2.45, 2.75) is 26.3 Å². The summed E-state index contributed by atoms with van der Waals surface area (Å²) in [5, 5.41) is 6.43. The summed E-state index contributed by atoms with van der Waals surface area (Å²) in [4.78, 5) is 22.3. The Balaban J connectivity index is 2.09. The third-order valence-electron chi connectivity index (χ3n) is 2.62. The predicted molar refractivity (Wildman–Crippen MR) is 52.9 cm³/mol. The van der Waals surface area contributed by atoms with Crippen molar-refractivity contribution >= 4 is 11.8 Å². The number of aryl methyl sites for hydroxylation is 1. The van der Waals surface area contributed by atoms with Crippen LogP contribution in [0.1, 0.15) is 19.0 Å². The molecule has 0 aromatic carbocycles. The molecule has 1 atom stereocenters. The van der Waals surface area contributed by atoms with Gasteiger partial charge in [0.05, 0.1) is 5.92 Å². The minimum atomic E-state index is -0.223. The highest BCUT2D eigenvalue weighted by Gasteiger charge is 2.31. The molecule has 5 nitrogen and oxygen atoms in total. The zero-order valence-corrected chi connectivity index (χ0v) is 8.56. The van der Waals surface area contributed by atoms with E-state index < -0.39 is 0 Å². The van der Waals surface area contributed by atoms with Crippen molar-refractivity contribution in [1.82, 2.24) is 15.1 Å². The lowest BCUT2D eigenvalue weighted by molar-refractivity contribution is -0.125. The maximum absolute atomic E-state index is 11.3. The number of amides is 2. The van der Waals surface area contributed by atoms with Crippen LogP contribution in [0.15, 0.2) is 12.3 Å². The molecule has 1 aliphatic heterocycles. The molecule has 5 heteroatoms. The van der Waals surface area contributed by atoms with Gasteiger partial charge in [0.25, 0.3) is 0 Å². The van der Waals surface area contributed by atoms with E-state index in [0.29, 0.717) is 12.8 Å². The Morgan fingerprint density at radius 2 is 2.40 bits per heavy atom. The van der Waals surface area contributed by atoms with Crippen LogP contribution < -0.4 is 5.32 Å². The fraction of sp³-hybridized carbons (Fsp3) is 0.500. The Morgan fingerprint density at radius 3 is 3.00 bits per heavy atom. The van der Waals surface area contributed by atoms with Crippen LogP contribution in [0.4, 0.5) is 0 Å². The van der Waals surface area contributed by atoms with Gasteiger partial charge >= 0.3 is 0 Å². The number of carbonyl (C=O) groups is 2. The summed E-state index contributed by atoms with van der Waals surface area (Å²) in [7, 11) is 0. The maximum atomic E-state index is 11.3. The molecule has 2 rings (SSSR count). The Bertz CT molecular complexity index is 397. The Kier molecular flexibility index (Phi) is 2.53. The fourth-order valence-electron chi connectivity index (χ4n) is 1.84. The van der Waals surface area contributed by atoms with Gasteiger partial charge < -0.3 is 0 Å². The molecular formula is C10H13N3O2. The number of hydrogen-bond acceptors (Lipinski definition) is 3. The topological polar surface area (TPSA) is 64.0 Å². The van der Waals surface area contributed by atoms with Gasteiger partial charge in [-0.25, -0.2) is 0 Å². The van der Waals surface area contributed by atoms with Crippen LogP contribution in [0.25, 0.3) is 0 Å². The van der Waals surface area contributed by atoms with E-state index in [1.54, 1.807) is 6.20 Å². The molecule has 0 spiro atoms. The number of hydrogen-bond donors (Lipinski definition) is 1. The number of nitrogens with one attached hydrogen (secondary N) is 1. The van der Waals surface area contributed by atoms with Crippen molar-refractivity contribution in [2.24, 2.45) is 5.92 Å². The quantitative estimate of drug-likeness (QED) is 0.715. The molecule has 1 aromatic heterocycles. The number of aromatic nitrogens is 2. The van der Waals surface area contributed by atoms with Crippen molar-refractivity contribution in [3.8, 4) is 0 Å². The average molecular weight is 207 g/mol. The van der Waals surface area contributed by atoms with Crippen molar-refractivity contribution in [3.63, 3.8) is 0 Å². The number of nitrogens with zero attached hydrogens (tertiary/aromatic N) is 2. The van der Waals surface area contributed by atoms with Gasteiger partial charge in [0, 0.05) is 31.3 Å². The second-order valence-corrected chi connectivity index (χ2v) is 3.66. The minimum Gasteiger partial charge on any atom is -0.296 e. The van der Waals surface area contributed by atoms with Crippen molar-refractivity contribution in [2.75, 3.05) is 0 Å². The van der Waals surface area contributed by atoms with E-state index in [1.807, 2.05) is 17.7 Å². The molecule has 0 saturated carbocycles. The highest BCUT2D eigenvalue weighted by atomic mass is 16.2. The Morgan fingerprint density at radius 1 is 1.60 bits per heavy atom. The lowest BCUT2D eigenvalue weighted by Gasteiger charge is -2.07. The van der Waals surface area contributed by atoms with Crippen LogP contribution in [0, 0.1) is 5.92 Å². The first-order chi connectivity index (χ1) is 7.20. The molecule has 1 saturated heterocycles. The second-order valence-electron chi connectivity index (χ2n) is 3.66. The van der Waals surface area contributed by atoms with Crippen molar-refractivity contribution in [1.29, 1.82) is 0 Å². The van der Waals surface area contributed by atoms with E-state index in [4.69, 9.17) is 0 Å². The normalized spacial score (nSPS) is 20.7. The van der Waals surface area contributed by atoms with Gasteiger partial charge in [0.1, 0.15) is 0 Å². The number of imide groups is 1. The third kappa shape index (κ3) is 1.91. The molecule has 2 heterocycles. The summed E-state index contributed by atoms with van der Waals surface area (Å²) in [5.74, 6) is -0.559.